The predicted molar refractivity (Wildman–Crippen MR) is 34.4 cm³/mol. The summed E-state index contributed by atoms with van der Waals surface area (Å²) in [6.07, 6.45) is 3.76. The van der Waals surface area contributed by atoms with Crippen LogP contribution >= 0.6 is 0 Å². The van der Waals surface area contributed by atoms with Crippen molar-refractivity contribution in [2.24, 2.45) is 5.92 Å². The third-order valence-electron chi connectivity index (χ3n) is 0.798. The quantitative estimate of drug-likeness (QED) is 0.434. The van der Waals surface area contributed by atoms with E-state index in [1.165, 1.54) is 0 Å². The van der Waals surface area contributed by atoms with Crippen molar-refractivity contribution < 1.29 is 0 Å². The van der Waals surface area contributed by atoms with Gasteiger partial charge < -0.3 is 0 Å². The van der Waals surface area contributed by atoms with E-state index in [2.05, 4.69) is 29.2 Å². The van der Waals surface area contributed by atoms with Crippen LogP contribution in [0.4, 0.5) is 0 Å². The topological polar surface area (TPSA) is 0 Å². The van der Waals surface area contributed by atoms with Crippen LogP contribution in [0.5, 0.6) is 0 Å². The van der Waals surface area contributed by atoms with Gasteiger partial charge in [-0.2, -0.15) is 0 Å². The Balaban J connectivity index is 3.36. The van der Waals surface area contributed by atoms with E-state index in [4.69, 9.17) is 0 Å². The normalized spacial score (nSPS) is 8.86. The Morgan fingerprint density at radius 1 is 1.43 bits per heavy atom. The van der Waals surface area contributed by atoms with Gasteiger partial charge in [0.2, 0.25) is 0 Å². The van der Waals surface area contributed by atoms with Crippen LogP contribution < -0.4 is 0 Å². The summed E-state index contributed by atoms with van der Waals surface area (Å²) in [6.45, 7) is 7.22. The third kappa shape index (κ3) is 2.67. The van der Waals surface area contributed by atoms with Gasteiger partial charge in [-0.1, -0.05) is 0 Å². The molecular weight excluding hydrogens is 151 g/mol. The first kappa shape index (κ1) is 7.00. The molecule has 0 saturated carbocycles. The van der Waals surface area contributed by atoms with Crippen molar-refractivity contribution in [2.75, 3.05) is 0 Å². The van der Waals surface area contributed by atoms with E-state index in [1.807, 2.05) is 12.2 Å². The van der Waals surface area contributed by atoms with Crippen molar-refractivity contribution in [3.8, 4) is 0 Å². The molecule has 0 aliphatic rings. The molecule has 0 fully saturated rings. The molecule has 38 valence electrons. The molecule has 0 bridgehead atoms. The summed E-state index contributed by atoms with van der Waals surface area (Å²) < 4.78 is 0. The first-order valence-corrected chi connectivity index (χ1v) is 3.39. The Kier molecular flexibility index (Phi) is 4.17. The first-order valence-electron chi connectivity index (χ1n) is 2.18. The number of hydrogen-bond donors (Lipinski definition) is 0. The Bertz CT molecular complexity index is 58.6. The van der Waals surface area contributed by atoms with Gasteiger partial charge in [-0.05, 0) is 0 Å². The fourth-order valence-electron chi connectivity index (χ4n) is 0.232. The summed E-state index contributed by atoms with van der Waals surface area (Å²) in [5.74, 6) is 0.458. The van der Waals surface area contributed by atoms with Crippen molar-refractivity contribution in [3.63, 3.8) is 0 Å². The first-order chi connectivity index (χ1) is 3.35. The molecule has 7 heavy (non-hydrogen) atoms. The van der Waals surface area contributed by atoms with Gasteiger partial charge in [-0.15, -0.1) is 0 Å². The second kappa shape index (κ2) is 4.17. The molecular formula is C6H9Se+. The van der Waals surface area contributed by atoms with E-state index >= 15 is 0 Å². The van der Waals surface area contributed by atoms with Crippen molar-refractivity contribution in [2.45, 2.75) is 5.32 Å². The van der Waals surface area contributed by atoms with Crippen LogP contribution in [-0.2, 0) is 0 Å². The van der Waals surface area contributed by atoms with Crippen LogP contribution in [0, 0.1) is 5.92 Å². The fraction of sp³-hybridized carbons (Fsp3) is 0.333. The zero-order valence-electron chi connectivity index (χ0n) is 4.26. The average Bonchev–Trinajstić information content (AvgIpc) is 1.72. The second-order valence-corrected chi connectivity index (χ2v) is 2.00. The Labute approximate surface area is 53.1 Å². The van der Waals surface area contributed by atoms with E-state index in [9.17, 15) is 0 Å². The zero-order chi connectivity index (χ0) is 5.70. The van der Waals surface area contributed by atoms with Gasteiger partial charge in [0.25, 0.3) is 0 Å². The number of rotatable bonds is 3. The monoisotopic (exact) mass is 161 g/mol. The maximum absolute atomic E-state index is 3.61. The maximum atomic E-state index is 3.61. The molecule has 0 aromatic rings. The summed E-state index contributed by atoms with van der Waals surface area (Å²) in [7, 11) is 0. The van der Waals surface area contributed by atoms with Gasteiger partial charge in [0.15, 0.2) is 0 Å². The zero-order valence-corrected chi connectivity index (χ0v) is 5.97. The second-order valence-electron chi connectivity index (χ2n) is 1.30. The molecule has 0 aliphatic carbocycles. The van der Waals surface area contributed by atoms with Crippen LogP contribution in [0.3, 0.4) is 0 Å². The molecule has 0 N–H and O–H groups in total. The summed E-state index contributed by atoms with van der Waals surface area (Å²) in [4.78, 5) is 0. The van der Waals surface area contributed by atoms with E-state index < -0.39 is 0 Å². The molecule has 0 spiro atoms. The fourth-order valence-corrected chi connectivity index (χ4v) is 0.803. The van der Waals surface area contributed by atoms with Gasteiger partial charge in [-0.25, -0.2) is 0 Å². The molecule has 0 saturated heterocycles. The average molecular weight is 160 g/mol. The van der Waals surface area contributed by atoms with E-state index in [0.717, 1.165) is 5.32 Å². The number of hydrogen-bond acceptors (Lipinski definition) is 0. The standard InChI is InChI=1S/C6H9Se/c1-3-6(4-2)5-7/h3-4,6H,1-2,5H2/q+1. The summed E-state index contributed by atoms with van der Waals surface area (Å²) in [5, 5.41) is 0.993. The Morgan fingerprint density at radius 2 is 1.86 bits per heavy atom. The number of allylic oxidation sites excluding steroid dienone is 2. The molecule has 0 aromatic heterocycles. The van der Waals surface area contributed by atoms with Gasteiger partial charge in [-0.3, -0.25) is 0 Å². The summed E-state index contributed by atoms with van der Waals surface area (Å²) in [6, 6.07) is 0. The van der Waals surface area contributed by atoms with Crippen LogP contribution in [0.2, 0.25) is 5.32 Å². The van der Waals surface area contributed by atoms with E-state index in [0.29, 0.717) is 5.92 Å². The molecule has 0 aliphatic heterocycles. The molecule has 0 rings (SSSR count). The Hall–Kier alpha value is -0.000519. The van der Waals surface area contributed by atoms with Crippen LogP contribution in [0.15, 0.2) is 25.3 Å². The van der Waals surface area contributed by atoms with Gasteiger partial charge in [0.05, 0.1) is 0 Å². The Morgan fingerprint density at radius 3 is 1.86 bits per heavy atom. The van der Waals surface area contributed by atoms with Crippen molar-refractivity contribution >= 4 is 16.0 Å². The van der Waals surface area contributed by atoms with Crippen molar-refractivity contribution in [1.82, 2.24) is 0 Å². The predicted octanol–water partition coefficient (Wildman–Crippen LogP) is 1.56. The molecule has 0 heterocycles. The minimum absolute atomic E-state index is 0.458. The van der Waals surface area contributed by atoms with Crippen LogP contribution in [0.1, 0.15) is 0 Å². The van der Waals surface area contributed by atoms with Gasteiger partial charge in [0.1, 0.15) is 0 Å². The molecule has 0 unspecified atom stereocenters. The SMILES string of the molecule is C=CC(C=C)C[Se+]. The van der Waals surface area contributed by atoms with Gasteiger partial charge in [0, 0.05) is 0 Å². The molecule has 1 heteroatoms. The van der Waals surface area contributed by atoms with Gasteiger partial charge >= 0.3 is 52.6 Å². The third-order valence-corrected chi connectivity index (χ3v) is 1.61. The minimum atomic E-state index is 0.458. The van der Waals surface area contributed by atoms with Crippen LogP contribution in [-0.4, -0.2) is 16.0 Å². The van der Waals surface area contributed by atoms with Crippen molar-refractivity contribution in [1.29, 1.82) is 0 Å². The van der Waals surface area contributed by atoms with Crippen molar-refractivity contribution in [3.05, 3.63) is 25.3 Å². The van der Waals surface area contributed by atoms with E-state index in [-0.39, 0.29) is 0 Å². The molecule has 0 amide bonds. The molecule has 0 nitrogen and oxygen atoms in total. The summed E-state index contributed by atoms with van der Waals surface area (Å²) in [5.41, 5.74) is 0. The van der Waals surface area contributed by atoms with E-state index in [1.54, 1.807) is 0 Å². The molecule has 0 aromatic carbocycles. The molecule has 0 atom stereocenters. The summed E-state index contributed by atoms with van der Waals surface area (Å²) >= 11 is 2.90. The molecule has 2 radical (unpaired) electrons. The van der Waals surface area contributed by atoms with Crippen LogP contribution in [0.25, 0.3) is 0 Å².